The van der Waals surface area contributed by atoms with E-state index in [-0.39, 0.29) is 11.5 Å². The van der Waals surface area contributed by atoms with Gasteiger partial charge in [0, 0.05) is 43.1 Å². The third kappa shape index (κ3) is 5.47. The molecule has 0 bridgehead atoms. The molecule has 0 amide bonds. The van der Waals surface area contributed by atoms with Gasteiger partial charge in [0.05, 0.1) is 24.5 Å². The molecule has 0 atom stereocenters. The molecular weight excluding hydrogens is 440 g/mol. The lowest BCUT2D eigenvalue weighted by Gasteiger charge is -2.26. The Morgan fingerprint density at radius 2 is 1.94 bits per heavy atom. The molecule has 3 heterocycles. The summed E-state index contributed by atoms with van der Waals surface area (Å²) in [6.45, 7) is 6.82. The summed E-state index contributed by atoms with van der Waals surface area (Å²) in [5, 5.41) is 16.6. The maximum atomic E-state index is 13.4. The summed E-state index contributed by atoms with van der Waals surface area (Å²) >= 11 is 0. The Kier molecular flexibility index (Phi) is 6.97. The van der Waals surface area contributed by atoms with Crippen LogP contribution in [-0.2, 0) is 17.6 Å². The molecule has 7 nitrogen and oxygen atoms in total. The molecule has 1 fully saturated rings. The molecule has 2 aliphatic heterocycles. The fraction of sp³-hybridized carbons (Fsp3) is 0.357. The molecule has 35 heavy (non-hydrogen) atoms. The van der Waals surface area contributed by atoms with Gasteiger partial charge in [-0.1, -0.05) is 18.2 Å². The second-order valence-electron chi connectivity index (χ2n) is 9.33. The highest BCUT2D eigenvalue weighted by atomic mass is 16.5. The first-order chi connectivity index (χ1) is 17.1. The Morgan fingerprint density at radius 3 is 2.80 bits per heavy atom. The molecule has 7 heteroatoms. The summed E-state index contributed by atoms with van der Waals surface area (Å²) < 4.78 is 5.42. The number of anilines is 4. The van der Waals surface area contributed by atoms with Crippen molar-refractivity contribution in [3.05, 3.63) is 70.9 Å². The Hall–Kier alpha value is -3.42. The van der Waals surface area contributed by atoms with Crippen LogP contribution in [0.4, 0.5) is 22.9 Å². The van der Waals surface area contributed by atoms with Crippen molar-refractivity contribution in [3.8, 4) is 5.75 Å². The first-order valence-electron chi connectivity index (χ1n) is 12.3. The Morgan fingerprint density at radius 1 is 1.09 bits per heavy atom. The topological polar surface area (TPSA) is 86.7 Å². The summed E-state index contributed by atoms with van der Waals surface area (Å²) in [7, 11) is 0. The smallest absolute Gasteiger partial charge is 0.173 e. The van der Waals surface area contributed by atoms with Crippen molar-refractivity contribution in [2.75, 3.05) is 43.5 Å². The first kappa shape index (κ1) is 23.3. The molecule has 1 saturated heterocycles. The zero-order valence-corrected chi connectivity index (χ0v) is 20.1. The van der Waals surface area contributed by atoms with Crippen molar-refractivity contribution in [2.45, 2.75) is 32.6 Å². The lowest BCUT2D eigenvalue weighted by Crippen LogP contribution is -2.36. The normalized spacial score (nSPS) is 15.6. The molecule has 0 radical (unpaired) electrons. The molecule has 3 aromatic rings. The number of nitrogens with one attached hydrogen (secondary N) is 2. The Labute approximate surface area is 206 Å². The van der Waals surface area contributed by atoms with Crippen molar-refractivity contribution < 1.29 is 14.6 Å². The van der Waals surface area contributed by atoms with Crippen LogP contribution < -0.4 is 10.6 Å². The third-order valence-electron chi connectivity index (χ3n) is 6.79. The molecule has 2 aliphatic rings. The standard InChI is InChI=1S/C28H32N4O3/c1-19-5-7-22(33)18-25(19)30-24-9-10-29-28-27(24)26(34)17-21-16-20(6-8-23(21)31-28)4-2-3-11-32-12-14-35-15-13-32/h5-10,16,18,33H,2-4,11-15,17H2,1H3,(H2,29,30,31). The van der Waals surface area contributed by atoms with Crippen molar-refractivity contribution in [3.63, 3.8) is 0 Å². The van der Waals surface area contributed by atoms with Crippen LogP contribution in [0.25, 0.3) is 0 Å². The number of unbranched alkanes of at least 4 members (excludes halogenated alkanes) is 1. The van der Waals surface area contributed by atoms with E-state index in [0.717, 1.165) is 74.6 Å². The van der Waals surface area contributed by atoms with Crippen molar-refractivity contribution >= 4 is 28.7 Å². The second kappa shape index (κ2) is 10.5. The number of aryl methyl sites for hydroxylation is 2. The highest BCUT2D eigenvalue weighted by Crippen LogP contribution is 2.35. The van der Waals surface area contributed by atoms with Crippen molar-refractivity contribution in [2.24, 2.45) is 0 Å². The van der Waals surface area contributed by atoms with E-state index in [1.54, 1.807) is 24.4 Å². The van der Waals surface area contributed by atoms with Gasteiger partial charge in [0.25, 0.3) is 0 Å². The van der Waals surface area contributed by atoms with Crippen molar-refractivity contribution in [1.29, 1.82) is 0 Å². The molecule has 0 saturated carbocycles. The van der Waals surface area contributed by atoms with Gasteiger partial charge in [-0.15, -0.1) is 0 Å². The van der Waals surface area contributed by atoms with E-state index in [1.165, 1.54) is 5.56 Å². The number of morpholine rings is 1. The number of hydrogen-bond donors (Lipinski definition) is 3. The number of rotatable bonds is 7. The minimum atomic E-state index is 0.0177. The molecule has 182 valence electrons. The number of ketones is 1. The van der Waals surface area contributed by atoms with Gasteiger partial charge in [0.15, 0.2) is 5.78 Å². The number of aromatic nitrogens is 1. The van der Waals surface area contributed by atoms with Crippen LogP contribution in [-0.4, -0.2) is 53.6 Å². The Bertz CT molecular complexity index is 1220. The number of nitrogens with zero attached hydrogens (tertiary/aromatic N) is 2. The average molecular weight is 473 g/mol. The van der Waals surface area contributed by atoms with Crippen LogP contribution in [0.1, 0.15) is 39.9 Å². The van der Waals surface area contributed by atoms with E-state index in [2.05, 4.69) is 38.7 Å². The van der Waals surface area contributed by atoms with Crippen LogP contribution >= 0.6 is 0 Å². The van der Waals surface area contributed by atoms with Crippen molar-refractivity contribution in [1.82, 2.24) is 9.88 Å². The quantitative estimate of drug-likeness (QED) is 0.418. The number of ether oxygens (including phenoxy) is 1. The van der Waals surface area contributed by atoms with Crippen LogP contribution in [0.15, 0.2) is 48.7 Å². The maximum absolute atomic E-state index is 13.4. The summed E-state index contributed by atoms with van der Waals surface area (Å²) in [5.74, 6) is 0.742. The summed E-state index contributed by atoms with van der Waals surface area (Å²) in [4.78, 5) is 20.3. The van der Waals surface area contributed by atoms with Gasteiger partial charge < -0.3 is 20.5 Å². The van der Waals surface area contributed by atoms with Gasteiger partial charge in [-0.3, -0.25) is 9.69 Å². The SMILES string of the molecule is Cc1ccc(O)cc1Nc1ccnc2c1C(=O)Cc1cc(CCCCN3CCOCC3)ccc1N2. The second-order valence-corrected chi connectivity index (χ2v) is 9.33. The van der Waals surface area contributed by atoms with E-state index in [1.807, 2.05) is 13.0 Å². The highest BCUT2D eigenvalue weighted by Gasteiger charge is 2.24. The number of fused-ring (bicyclic) bond motifs is 2. The average Bonchev–Trinajstić information content (AvgIpc) is 3.00. The van der Waals surface area contributed by atoms with E-state index in [0.29, 0.717) is 23.5 Å². The summed E-state index contributed by atoms with van der Waals surface area (Å²) in [6.07, 6.45) is 5.29. The predicted molar refractivity (Wildman–Crippen MR) is 138 cm³/mol. The van der Waals surface area contributed by atoms with E-state index in [4.69, 9.17) is 4.74 Å². The van der Waals surface area contributed by atoms with Gasteiger partial charge in [0.2, 0.25) is 0 Å². The number of carbonyl (C=O) groups is 1. The molecular formula is C28H32N4O3. The summed E-state index contributed by atoms with van der Waals surface area (Å²) in [6, 6.07) is 13.3. The molecule has 3 N–H and O–H groups in total. The molecule has 2 aromatic carbocycles. The van der Waals surface area contributed by atoms with Crippen LogP contribution in [0.5, 0.6) is 5.75 Å². The largest absolute Gasteiger partial charge is 0.508 e. The van der Waals surface area contributed by atoms with Crippen LogP contribution in [0, 0.1) is 6.92 Å². The zero-order chi connectivity index (χ0) is 24.2. The maximum Gasteiger partial charge on any atom is 0.173 e. The number of pyridine rings is 1. The number of phenolic OH excluding ortho intramolecular Hbond substituents is 1. The lowest BCUT2D eigenvalue weighted by atomic mass is 9.99. The van der Waals surface area contributed by atoms with Gasteiger partial charge in [-0.25, -0.2) is 4.98 Å². The minimum Gasteiger partial charge on any atom is -0.508 e. The number of phenols is 1. The molecule has 5 rings (SSSR count). The number of benzene rings is 2. The predicted octanol–water partition coefficient (Wildman–Crippen LogP) is 4.98. The fourth-order valence-electron chi connectivity index (χ4n) is 4.78. The first-order valence-corrected chi connectivity index (χ1v) is 12.3. The van der Waals surface area contributed by atoms with Crippen LogP contribution in [0.2, 0.25) is 0 Å². The number of carbonyl (C=O) groups excluding carboxylic acids is 1. The molecule has 0 aliphatic carbocycles. The van der Waals surface area contributed by atoms with E-state index < -0.39 is 0 Å². The molecule has 0 unspecified atom stereocenters. The molecule has 0 spiro atoms. The highest BCUT2D eigenvalue weighted by molar-refractivity contribution is 6.09. The van der Waals surface area contributed by atoms with Gasteiger partial charge in [-0.05, 0) is 67.6 Å². The monoisotopic (exact) mass is 472 g/mol. The minimum absolute atomic E-state index is 0.0177. The molecule has 1 aromatic heterocycles. The van der Waals surface area contributed by atoms with Gasteiger partial charge in [-0.2, -0.15) is 0 Å². The van der Waals surface area contributed by atoms with Gasteiger partial charge in [0.1, 0.15) is 11.6 Å². The van der Waals surface area contributed by atoms with Crippen LogP contribution in [0.3, 0.4) is 0 Å². The van der Waals surface area contributed by atoms with E-state index >= 15 is 0 Å². The third-order valence-corrected chi connectivity index (χ3v) is 6.79. The number of hydrogen-bond acceptors (Lipinski definition) is 7. The Balaban J connectivity index is 1.29. The number of aromatic hydroxyl groups is 1. The number of Topliss-reactive ketones (excluding diaryl/α,β-unsaturated/α-hetero) is 1. The van der Waals surface area contributed by atoms with E-state index in [9.17, 15) is 9.90 Å². The fourth-order valence-corrected chi connectivity index (χ4v) is 4.78. The van der Waals surface area contributed by atoms with Gasteiger partial charge >= 0.3 is 0 Å². The summed E-state index contributed by atoms with van der Waals surface area (Å²) in [5.41, 5.74) is 6.13. The lowest BCUT2D eigenvalue weighted by molar-refractivity contribution is 0.0372. The zero-order valence-electron chi connectivity index (χ0n) is 20.1.